The maximum Gasteiger partial charge on any atom is 0.254 e. The first-order valence-corrected chi connectivity index (χ1v) is 12.0. The number of unbranched alkanes of at least 4 members (excludes halogenated alkanes) is 1. The first kappa shape index (κ1) is 26.0. The van der Waals surface area contributed by atoms with E-state index in [2.05, 4.69) is 33.0 Å². The van der Waals surface area contributed by atoms with Gasteiger partial charge in [-0.2, -0.15) is 5.10 Å². The van der Waals surface area contributed by atoms with Crippen LogP contribution in [0.5, 0.6) is 5.75 Å². The highest BCUT2D eigenvalue weighted by atomic mass is 16.5. The van der Waals surface area contributed by atoms with Gasteiger partial charge in [0, 0.05) is 23.6 Å². The van der Waals surface area contributed by atoms with E-state index in [1.807, 2.05) is 37.3 Å². The molecule has 2 amide bonds. The van der Waals surface area contributed by atoms with Gasteiger partial charge in [0.1, 0.15) is 18.1 Å². The molecule has 0 saturated heterocycles. The molecule has 0 saturated carbocycles. The van der Waals surface area contributed by atoms with Gasteiger partial charge in [0.15, 0.2) is 0 Å². The number of anilines is 1. The Balaban J connectivity index is 1.84. The minimum atomic E-state index is -0.266. The number of hydrogen-bond donors (Lipinski definition) is 1. The van der Waals surface area contributed by atoms with Gasteiger partial charge in [-0.15, -0.1) is 0 Å². The molecule has 0 spiro atoms. The Morgan fingerprint density at radius 3 is 2.40 bits per heavy atom. The number of carbonyl (C=O) groups is 2. The number of ether oxygens (including phenoxy) is 1. The van der Waals surface area contributed by atoms with Gasteiger partial charge in [-0.05, 0) is 55.3 Å². The summed E-state index contributed by atoms with van der Waals surface area (Å²) in [5.74, 6) is 0.812. The molecular formula is C28H36N4O3. The molecule has 0 aliphatic heterocycles. The highest BCUT2D eigenvalue weighted by Crippen LogP contribution is 2.26. The standard InChI is InChI=1S/C28H36N4O3/c1-7-8-16-31(27(34)21-12-14-23(35-6)15-13-21)19-26(33)29-25-18-24(28(3,4)5)30-32(25)22-11-9-10-20(2)17-22/h9-15,17-18H,7-8,16,19H2,1-6H3,(H,29,33). The number of aryl methyl sites for hydroxylation is 1. The molecule has 1 N–H and O–H groups in total. The van der Waals surface area contributed by atoms with Crippen LogP contribution in [0, 0.1) is 6.92 Å². The zero-order chi connectivity index (χ0) is 25.6. The number of hydrogen-bond acceptors (Lipinski definition) is 4. The van der Waals surface area contributed by atoms with Crippen molar-refractivity contribution in [3.8, 4) is 11.4 Å². The predicted molar refractivity (Wildman–Crippen MR) is 139 cm³/mol. The fourth-order valence-electron chi connectivity index (χ4n) is 3.67. The third-order valence-corrected chi connectivity index (χ3v) is 5.73. The summed E-state index contributed by atoms with van der Waals surface area (Å²) in [6, 6.07) is 16.8. The van der Waals surface area contributed by atoms with Crippen LogP contribution in [0.4, 0.5) is 5.82 Å². The lowest BCUT2D eigenvalue weighted by Gasteiger charge is -2.22. The Kier molecular flexibility index (Phi) is 8.33. The fraction of sp³-hybridized carbons (Fsp3) is 0.393. The van der Waals surface area contributed by atoms with Gasteiger partial charge in [-0.1, -0.05) is 46.2 Å². The highest BCUT2D eigenvalue weighted by Gasteiger charge is 2.23. The van der Waals surface area contributed by atoms with Gasteiger partial charge >= 0.3 is 0 Å². The van der Waals surface area contributed by atoms with Crippen molar-refractivity contribution in [3.63, 3.8) is 0 Å². The van der Waals surface area contributed by atoms with Crippen molar-refractivity contribution in [2.45, 2.75) is 52.9 Å². The molecule has 0 fully saturated rings. The molecule has 0 radical (unpaired) electrons. The topological polar surface area (TPSA) is 76.5 Å². The lowest BCUT2D eigenvalue weighted by atomic mass is 9.92. The Labute approximate surface area is 208 Å². The first-order chi connectivity index (χ1) is 16.6. The van der Waals surface area contributed by atoms with Crippen LogP contribution in [0.25, 0.3) is 5.69 Å². The maximum atomic E-state index is 13.2. The summed E-state index contributed by atoms with van der Waals surface area (Å²) in [6.07, 6.45) is 1.73. The van der Waals surface area contributed by atoms with E-state index in [4.69, 9.17) is 9.84 Å². The van der Waals surface area contributed by atoms with E-state index >= 15 is 0 Å². The largest absolute Gasteiger partial charge is 0.497 e. The van der Waals surface area contributed by atoms with E-state index in [-0.39, 0.29) is 23.8 Å². The molecule has 1 heterocycles. The van der Waals surface area contributed by atoms with E-state index in [0.29, 0.717) is 23.7 Å². The number of nitrogens with one attached hydrogen (secondary N) is 1. The van der Waals surface area contributed by atoms with Gasteiger partial charge in [0.2, 0.25) is 5.91 Å². The first-order valence-electron chi connectivity index (χ1n) is 12.0. The van der Waals surface area contributed by atoms with Crippen LogP contribution < -0.4 is 10.1 Å². The average Bonchev–Trinajstić information content (AvgIpc) is 3.25. The molecule has 186 valence electrons. The lowest BCUT2D eigenvalue weighted by molar-refractivity contribution is -0.117. The molecule has 0 atom stereocenters. The van der Waals surface area contributed by atoms with Crippen LogP contribution >= 0.6 is 0 Å². The monoisotopic (exact) mass is 476 g/mol. The molecule has 35 heavy (non-hydrogen) atoms. The SMILES string of the molecule is CCCCN(CC(=O)Nc1cc(C(C)(C)C)nn1-c1cccc(C)c1)C(=O)c1ccc(OC)cc1. The zero-order valence-electron chi connectivity index (χ0n) is 21.6. The van der Waals surface area contributed by atoms with Crippen LogP contribution in [0.2, 0.25) is 0 Å². The second-order valence-corrected chi connectivity index (χ2v) is 9.77. The Hall–Kier alpha value is -3.61. The average molecular weight is 477 g/mol. The van der Waals surface area contributed by atoms with Crippen molar-refractivity contribution in [2.75, 3.05) is 25.5 Å². The third-order valence-electron chi connectivity index (χ3n) is 5.73. The second-order valence-electron chi connectivity index (χ2n) is 9.77. The van der Waals surface area contributed by atoms with Crippen LogP contribution in [0.15, 0.2) is 54.6 Å². The number of amides is 2. The van der Waals surface area contributed by atoms with Crippen molar-refractivity contribution >= 4 is 17.6 Å². The van der Waals surface area contributed by atoms with Crippen molar-refractivity contribution in [2.24, 2.45) is 0 Å². The molecule has 3 aromatic rings. The summed E-state index contributed by atoms with van der Waals surface area (Å²) in [7, 11) is 1.58. The van der Waals surface area contributed by atoms with Gasteiger partial charge in [-0.25, -0.2) is 4.68 Å². The van der Waals surface area contributed by atoms with Crippen LogP contribution in [-0.4, -0.2) is 46.7 Å². The van der Waals surface area contributed by atoms with Gasteiger partial charge in [-0.3, -0.25) is 9.59 Å². The van der Waals surface area contributed by atoms with E-state index in [0.717, 1.165) is 29.8 Å². The molecule has 0 unspecified atom stereocenters. The molecule has 0 aliphatic carbocycles. The van der Waals surface area contributed by atoms with Gasteiger partial charge in [0.25, 0.3) is 5.91 Å². The van der Waals surface area contributed by atoms with E-state index < -0.39 is 0 Å². The van der Waals surface area contributed by atoms with Crippen LogP contribution in [0.1, 0.15) is 62.2 Å². The smallest absolute Gasteiger partial charge is 0.254 e. The molecular weight excluding hydrogens is 440 g/mol. The molecule has 2 aromatic carbocycles. The minimum Gasteiger partial charge on any atom is -0.497 e. The van der Waals surface area contributed by atoms with E-state index in [9.17, 15) is 9.59 Å². The fourth-order valence-corrected chi connectivity index (χ4v) is 3.67. The summed E-state index contributed by atoms with van der Waals surface area (Å²) in [5.41, 5.74) is 3.17. The lowest BCUT2D eigenvalue weighted by Crippen LogP contribution is -2.39. The maximum absolute atomic E-state index is 13.2. The number of methoxy groups -OCH3 is 1. The molecule has 7 nitrogen and oxygen atoms in total. The number of rotatable bonds is 9. The van der Waals surface area contributed by atoms with E-state index in [1.54, 1.807) is 41.0 Å². The Morgan fingerprint density at radius 1 is 1.09 bits per heavy atom. The number of aromatic nitrogens is 2. The summed E-state index contributed by atoms with van der Waals surface area (Å²) in [5, 5.41) is 7.78. The molecule has 7 heteroatoms. The zero-order valence-corrected chi connectivity index (χ0v) is 21.6. The second kappa shape index (κ2) is 11.2. The molecule has 1 aromatic heterocycles. The summed E-state index contributed by atoms with van der Waals surface area (Å²) in [6.45, 7) is 10.8. The van der Waals surface area contributed by atoms with Crippen LogP contribution in [0.3, 0.4) is 0 Å². The molecule has 0 aliphatic rings. The van der Waals surface area contributed by atoms with Crippen molar-refractivity contribution in [1.82, 2.24) is 14.7 Å². The van der Waals surface area contributed by atoms with Crippen molar-refractivity contribution < 1.29 is 14.3 Å². The summed E-state index contributed by atoms with van der Waals surface area (Å²) in [4.78, 5) is 27.9. The van der Waals surface area contributed by atoms with Gasteiger partial charge in [0.05, 0.1) is 18.5 Å². The van der Waals surface area contributed by atoms with E-state index in [1.165, 1.54) is 0 Å². The predicted octanol–water partition coefficient (Wildman–Crippen LogP) is 5.37. The third kappa shape index (κ3) is 6.72. The van der Waals surface area contributed by atoms with Crippen LogP contribution in [-0.2, 0) is 10.2 Å². The van der Waals surface area contributed by atoms with Gasteiger partial charge < -0.3 is 15.0 Å². The van der Waals surface area contributed by atoms with Crippen molar-refractivity contribution in [3.05, 3.63) is 71.4 Å². The molecule has 3 rings (SSSR count). The highest BCUT2D eigenvalue weighted by molar-refractivity contribution is 5.99. The normalized spacial score (nSPS) is 11.3. The number of nitrogens with zero attached hydrogens (tertiary/aromatic N) is 3. The number of carbonyl (C=O) groups excluding carboxylic acids is 2. The Morgan fingerprint density at radius 2 is 1.80 bits per heavy atom. The summed E-state index contributed by atoms with van der Waals surface area (Å²) >= 11 is 0. The quantitative estimate of drug-likeness (QED) is 0.451. The Bertz CT molecular complexity index is 1160. The van der Waals surface area contributed by atoms with Crippen molar-refractivity contribution in [1.29, 1.82) is 0 Å². The summed E-state index contributed by atoms with van der Waals surface area (Å²) < 4.78 is 6.95. The minimum absolute atomic E-state index is 0.0469. The number of benzene rings is 2. The molecule has 0 bridgehead atoms.